The van der Waals surface area contributed by atoms with Crippen molar-refractivity contribution < 1.29 is 13.5 Å². The summed E-state index contributed by atoms with van der Waals surface area (Å²) in [6.07, 6.45) is 1.46. The Hall–Kier alpha value is 0.670. The van der Waals surface area contributed by atoms with Crippen LogP contribution in [0.25, 0.3) is 0 Å². The summed E-state index contributed by atoms with van der Waals surface area (Å²) in [5, 5.41) is 0.220. The van der Waals surface area contributed by atoms with Gasteiger partial charge in [-0.25, -0.2) is 0 Å². The standard InChI is InChI=1S/C8H10BrNO3S/c9-2-12-6-5-3-1-4-8(5,13-3)7(6)10-14(4)11/h3-7,10H,1-2H2. The number of ether oxygens (including phenoxy) is 2. The molecule has 2 bridgehead atoms. The predicted molar refractivity (Wildman–Crippen MR) is 53.1 cm³/mol. The molecule has 1 N–H and O–H groups in total. The van der Waals surface area contributed by atoms with Gasteiger partial charge in [0.15, 0.2) is 0 Å². The minimum absolute atomic E-state index is 0.109. The molecule has 3 aliphatic heterocycles. The second-order valence-electron chi connectivity index (χ2n) is 4.39. The first kappa shape index (κ1) is 8.78. The van der Waals surface area contributed by atoms with Crippen molar-refractivity contribution in [3.63, 3.8) is 0 Å². The van der Waals surface area contributed by atoms with E-state index in [9.17, 15) is 4.04 Å². The first-order valence-corrected chi connectivity index (χ1v) is 7.14. The van der Waals surface area contributed by atoms with E-state index in [0.717, 1.165) is 6.42 Å². The van der Waals surface area contributed by atoms with Gasteiger partial charge in [0, 0.05) is 0 Å². The van der Waals surface area contributed by atoms with Gasteiger partial charge in [-0.05, 0) is 0 Å². The van der Waals surface area contributed by atoms with Gasteiger partial charge in [-0.2, -0.15) is 0 Å². The Morgan fingerprint density at radius 3 is 3.36 bits per heavy atom. The Morgan fingerprint density at radius 2 is 2.57 bits per heavy atom. The van der Waals surface area contributed by atoms with E-state index >= 15 is 0 Å². The topological polar surface area (TPSA) is 50.4 Å². The predicted octanol–water partition coefficient (Wildman–Crippen LogP) is 0.114. The molecule has 2 saturated carbocycles. The fourth-order valence-corrected chi connectivity index (χ4v) is 5.80. The van der Waals surface area contributed by atoms with Crippen LogP contribution in [-0.4, -0.2) is 34.6 Å². The third-order valence-electron chi connectivity index (χ3n) is 4.15. The van der Waals surface area contributed by atoms with Crippen LogP contribution in [0.3, 0.4) is 0 Å². The van der Waals surface area contributed by atoms with E-state index < -0.39 is 10.8 Å². The number of rotatable bonds is 2. The first-order valence-electron chi connectivity index (χ1n) is 4.81. The molecule has 0 aromatic carbocycles. The Labute approximate surface area is 92.1 Å². The number of hydrogen-bond acceptors (Lipinski definition) is 4. The Balaban J connectivity index is 1.73. The molecule has 3 heterocycles. The van der Waals surface area contributed by atoms with Gasteiger partial charge >= 0.3 is 92.0 Å². The maximum atomic E-state index is 11.7. The molecule has 6 atom stereocenters. The van der Waals surface area contributed by atoms with Crippen LogP contribution in [-0.2, 0) is 24.3 Å². The molecule has 0 aromatic rings. The van der Waals surface area contributed by atoms with E-state index in [2.05, 4.69) is 20.7 Å². The zero-order valence-corrected chi connectivity index (χ0v) is 9.71. The molecule has 1 spiro atoms. The summed E-state index contributed by atoms with van der Waals surface area (Å²) < 4.78 is 26.3. The summed E-state index contributed by atoms with van der Waals surface area (Å²) in [4.78, 5) is 0. The van der Waals surface area contributed by atoms with E-state index in [-0.39, 0.29) is 23.0 Å². The summed E-state index contributed by atoms with van der Waals surface area (Å²) in [6.45, 7) is 0. The molecule has 0 aromatic heterocycles. The number of alkyl halides is 1. The quantitative estimate of drug-likeness (QED) is 0.444. The molecule has 5 rings (SSSR count). The third-order valence-corrected chi connectivity index (χ3v) is 5.98. The van der Waals surface area contributed by atoms with E-state index in [1.807, 2.05) is 0 Å². The molecule has 4 nitrogen and oxygen atoms in total. The van der Waals surface area contributed by atoms with Crippen LogP contribution in [0.1, 0.15) is 6.42 Å². The van der Waals surface area contributed by atoms with E-state index in [1.54, 1.807) is 0 Å². The van der Waals surface area contributed by atoms with Crippen LogP contribution >= 0.6 is 15.9 Å². The maximum absolute atomic E-state index is 11.7. The SMILES string of the molecule is [O+]#[S-]1NC2C(OCBr)C3C4CC1C23O4. The van der Waals surface area contributed by atoms with Crippen molar-refractivity contribution in [3.8, 4) is 0 Å². The Kier molecular flexibility index (Phi) is 1.56. The Bertz CT molecular complexity index is 383. The van der Waals surface area contributed by atoms with Crippen LogP contribution < -0.4 is 4.72 Å². The zero-order chi connectivity index (χ0) is 9.50. The zero-order valence-electron chi connectivity index (χ0n) is 7.31. The molecular weight excluding hydrogens is 270 g/mol. The van der Waals surface area contributed by atoms with Crippen molar-refractivity contribution in [2.75, 3.05) is 5.52 Å². The second kappa shape index (κ2) is 2.49. The normalized spacial score (nSPS) is 63.3. The summed E-state index contributed by atoms with van der Waals surface area (Å²) in [6, 6.07) is 0.162. The molecule has 14 heavy (non-hydrogen) atoms. The Morgan fingerprint density at radius 1 is 1.71 bits per heavy atom. The average molecular weight is 280 g/mol. The summed E-state index contributed by atoms with van der Waals surface area (Å²) in [5.74, 6) is 0.494. The van der Waals surface area contributed by atoms with Crippen LogP contribution in [0.2, 0.25) is 0 Å². The average Bonchev–Trinajstić information content (AvgIpc) is 2.70. The van der Waals surface area contributed by atoms with Crippen molar-refractivity contribution in [2.24, 2.45) is 5.92 Å². The molecule has 5 fully saturated rings. The van der Waals surface area contributed by atoms with Gasteiger partial charge in [0.05, 0.1) is 0 Å². The summed E-state index contributed by atoms with van der Waals surface area (Å²) >= 11 is 3.27. The van der Waals surface area contributed by atoms with Crippen molar-refractivity contribution >= 4 is 26.8 Å². The first-order chi connectivity index (χ1) is 6.79. The molecule has 78 valence electrons. The molecule has 3 saturated heterocycles. The van der Waals surface area contributed by atoms with Gasteiger partial charge in [0.25, 0.3) is 0 Å². The molecular formula is C8H10BrNO3S. The van der Waals surface area contributed by atoms with Crippen LogP contribution in [0.4, 0.5) is 0 Å². The molecule has 0 amide bonds. The van der Waals surface area contributed by atoms with E-state index in [4.69, 9.17) is 9.47 Å². The van der Waals surface area contributed by atoms with Gasteiger partial charge in [0.2, 0.25) is 0 Å². The minimum atomic E-state index is -0.909. The van der Waals surface area contributed by atoms with Crippen molar-refractivity contribution in [3.05, 3.63) is 0 Å². The van der Waals surface area contributed by atoms with Gasteiger partial charge in [-0.1, -0.05) is 0 Å². The number of hydrogen-bond donors (Lipinski definition) is 1. The second-order valence-corrected chi connectivity index (χ2v) is 6.25. The number of halogens is 1. The van der Waals surface area contributed by atoms with Crippen molar-refractivity contribution in [1.82, 2.24) is 4.72 Å². The molecule has 2 aliphatic carbocycles. The third kappa shape index (κ3) is 0.672. The molecule has 5 aliphatic rings. The van der Waals surface area contributed by atoms with E-state index in [0.29, 0.717) is 17.5 Å². The van der Waals surface area contributed by atoms with Crippen molar-refractivity contribution in [1.29, 1.82) is 0 Å². The fraction of sp³-hybridized carbons (Fsp3) is 1.00. The molecule has 0 radical (unpaired) electrons. The van der Waals surface area contributed by atoms with Gasteiger partial charge < -0.3 is 0 Å². The molecule has 6 heteroatoms. The monoisotopic (exact) mass is 279 g/mol. The van der Waals surface area contributed by atoms with E-state index in [1.165, 1.54) is 0 Å². The summed E-state index contributed by atoms with van der Waals surface area (Å²) in [7, 11) is -0.909. The van der Waals surface area contributed by atoms with Gasteiger partial charge in [-0.3, -0.25) is 0 Å². The van der Waals surface area contributed by atoms with Crippen LogP contribution in [0, 0.1) is 5.92 Å². The van der Waals surface area contributed by atoms with Crippen LogP contribution in [0.5, 0.6) is 0 Å². The van der Waals surface area contributed by atoms with Gasteiger partial charge in [-0.15, -0.1) is 0 Å². The van der Waals surface area contributed by atoms with Crippen molar-refractivity contribution in [2.45, 2.75) is 35.5 Å². The molecule has 6 unspecified atom stereocenters. The van der Waals surface area contributed by atoms with Gasteiger partial charge in [0.1, 0.15) is 0 Å². The summed E-state index contributed by atoms with van der Waals surface area (Å²) in [5.41, 5.74) is 0.439. The fourth-order valence-electron chi connectivity index (χ4n) is 3.70. The van der Waals surface area contributed by atoms with Crippen LogP contribution in [0.15, 0.2) is 0 Å². The number of nitrogens with one attached hydrogen (secondary N) is 1.